The number of fused-ring (bicyclic) bond motifs is 1. The van der Waals surface area contributed by atoms with Crippen molar-refractivity contribution in [2.24, 2.45) is 5.92 Å². The van der Waals surface area contributed by atoms with Crippen LogP contribution in [0.4, 0.5) is 5.82 Å². The van der Waals surface area contributed by atoms with Crippen molar-refractivity contribution in [3.63, 3.8) is 0 Å². The summed E-state index contributed by atoms with van der Waals surface area (Å²) in [5, 5.41) is 1.10. The predicted octanol–water partition coefficient (Wildman–Crippen LogP) is 4.72. The summed E-state index contributed by atoms with van der Waals surface area (Å²) in [6.07, 6.45) is 4.97. The molecule has 0 N–H and O–H groups in total. The van der Waals surface area contributed by atoms with E-state index < -0.39 is 10.0 Å². The Morgan fingerprint density at radius 3 is 2.29 bits per heavy atom. The van der Waals surface area contributed by atoms with Gasteiger partial charge in [-0.15, -0.1) is 0 Å². The van der Waals surface area contributed by atoms with Gasteiger partial charge in [0.1, 0.15) is 17.4 Å². The van der Waals surface area contributed by atoms with Crippen molar-refractivity contribution in [1.29, 1.82) is 0 Å². The van der Waals surface area contributed by atoms with Crippen LogP contribution in [0.15, 0.2) is 53.4 Å². The minimum absolute atomic E-state index is 0.0122. The van der Waals surface area contributed by atoms with Crippen molar-refractivity contribution >= 4 is 26.7 Å². The Morgan fingerprint density at radius 2 is 1.63 bits per heavy atom. The third kappa shape index (κ3) is 5.51. The first-order chi connectivity index (χ1) is 18.4. The molecule has 2 aromatic carbocycles. The lowest BCUT2D eigenvalue weighted by Crippen LogP contribution is -2.49. The highest BCUT2D eigenvalue weighted by atomic mass is 32.2. The molecule has 0 radical (unpaired) electrons. The average Bonchev–Trinajstić information content (AvgIpc) is 2.97. The first-order valence-electron chi connectivity index (χ1n) is 13.8. The number of rotatable bonds is 8. The van der Waals surface area contributed by atoms with Gasteiger partial charge in [-0.1, -0.05) is 31.9 Å². The molecular formula is C29H39N5O3S. The first kappa shape index (κ1) is 26.8. The summed E-state index contributed by atoms with van der Waals surface area (Å²) in [6.45, 7) is 8.59. The minimum Gasteiger partial charge on any atom is -0.497 e. The van der Waals surface area contributed by atoms with Crippen LogP contribution < -0.4 is 9.64 Å². The smallest absolute Gasteiger partial charge is 0.243 e. The fourth-order valence-corrected chi connectivity index (χ4v) is 7.16. The summed E-state index contributed by atoms with van der Waals surface area (Å²) < 4.78 is 33.1. The van der Waals surface area contributed by atoms with Crippen molar-refractivity contribution in [3.8, 4) is 5.75 Å². The van der Waals surface area contributed by atoms with Gasteiger partial charge in [0.15, 0.2) is 0 Å². The van der Waals surface area contributed by atoms with E-state index in [2.05, 4.69) is 41.8 Å². The number of aromatic nitrogens is 2. The molecule has 0 aliphatic carbocycles. The zero-order chi connectivity index (χ0) is 26.7. The molecule has 2 aliphatic heterocycles. The fourth-order valence-electron chi connectivity index (χ4n) is 5.74. The van der Waals surface area contributed by atoms with E-state index in [0.717, 1.165) is 41.6 Å². The summed E-state index contributed by atoms with van der Waals surface area (Å²) >= 11 is 0. The maximum Gasteiger partial charge on any atom is 0.243 e. The van der Waals surface area contributed by atoms with E-state index in [1.165, 1.54) is 25.7 Å². The number of hydrogen-bond donors (Lipinski definition) is 0. The molecule has 204 valence electrons. The van der Waals surface area contributed by atoms with Gasteiger partial charge in [-0.3, -0.25) is 4.90 Å². The standard InChI is InChI=1S/C29H39N5O3S/c1-4-7-23-14-16-33(17-15-23)29-26-8-5-6-9-27(26)30-28(31-29)22(2)32-18-20-34(21-19-32)38(35,36)25-12-10-24(37-3)11-13-25/h5-6,8-13,22-23H,4,7,14-21H2,1-3H3. The van der Waals surface area contributed by atoms with Gasteiger partial charge in [-0.2, -0.15) is 4.31 Å². The summed E-state index contributed by atoms with van der Waals surface area (Å²) in [5.74, 6) is 3.30. The number of anilines is 1. The topological polar surface area (TPSA) is 78.9 Å². The summed E-state index contributed by atoms with van der Waals surface area (Å²) in [7, 11) is -1.98. The van der Waals surface area contributed by atoms with E-state index in [9.17, 15) is 8.42 Å². The predicted molar refractivity (Wildman–Crippen MR) is 151 cm³/mol. The van der Waals surface area contributed by atoms with Crippen molar-refractivity contribution in [2.45, 2.75) is 50.5 Å². The summed E-state index contributed by atoms with van der Waals surface area (Å²) in [4.78, 5) is 15.1. The van der Waals surface area contributed by atoms with Crippen LogP contribution >= 0.6 is 0 Å². The van der Waals surface area contributed by atoms with E-state index in [1.807, 2.05) is 6.07 Å². The molecule has 3 heterocycles. The zero-order valence-corrected chi connectivity index (χ0v) is 23.5. The molecule has 1 unspecified atom stereocenters. The van der Waals surface area contributed by atoms with Crippen molar-refractivity contribution in [1.82, 2.24) is 19.2 Å². The molecule has 9 heteroatoms. The molecule has 1 atom stereocenters. The number of sulfonamides is 1. The van der Waals surface area contributed by atoms with Crippen LogP contribution in [0.25, 0.3) is 10.9 Å². The second-order valence-electron chi connectivity index (χ2n) is 10.4. The largest absolute Gasteiger partial charge is 0.497 e. The molecule has 2 saturated heterocycles. The lowest BCUT2D eigenvalue weighted by atomic mass is 9.92. The van der Waals surface area contributed by atoms with Gasteiger partial charge < -0.3 is 9.64 Å². The summed E-state index contributed by atoms with van der Waals surface area (Å²) in [5.41, 5.74) is 0.968. The highest BCUT2D eigenvalue weighted by Crippen LogP contribution is 2.32. The minimum atomic E-state index is -3.55. The van der Waals surface area contributed by atoms with Crippen LogP contribution in [0.2, 0.25) is 0 Å². The molecule has 0 amide bonds. The molecule has 1 aromatic heterocycles. The van der Waals surface area contributed by atoms with Crippen molar-refractivity contribution in [3.05, 3.63) is 54.4 Å². The molecule has 0 saturated carbocycles. The number of piperidine rings is 1. The molecule has 3 aromatic rings. The van der Waals surface area contributed by atoms with E-state index in [0.29, 0.717) is 36.8 Å². The zero-order valence-electron chi connectivity index (χ0n) is 22.7. The number of hydrogen-bond acceptors (Lipinski definition) is 7. The lowest BCUT2D eigenvalue weighted by Gasteiger charge is -2.37. The fraction of sp³-hybridized carbons (Fsp3) is 0.517. The molecule has 0 spiro atoms. The number of piperazine rings is 1. The average molecular weight is 538 g/mol. The Bertz CT molecular complexity index is 1330. The SMILES string of the molecule is CCCC1CCN(c2nc(C(C)N3CCN(S(=O)(=O)c4ccc(OC)cc4)CC3)nc3ccccc23)CC1. The molecule has 38 heavy (non-hydrogen) atoms. The van der Waals surface area contributed by atoms with Gasteiger partial charge in [0.2, 0.25) is 10.0 Å². The Balaban J connectivity index is 1.31. The van der Waals surface area contributed by atoms with Gasteiger partial charge >= 0.3 is 0 Å². The lowest BCUT2D eigenvalue weighted by molar-refractivity contribution is 0.141. The Hall–Kier alpha value is -2.75. The molecule has 5 rings (SSSR count). The van der Waals surface area contributed by atoms with Gasteiger partial charge in [-0.05, 0) is 62.1 Å². The number of nitrogens with zero attached hydrogens (tertiary/aromatic N) is 5. The third-order valence-electron chi connectivity index (χ3n) is 8.10. The maximum atomic E-state index is 13.2. The second kappa shape index (κ2) is 11.6. The van der Waals surface area contributed by atoms with Crippen LogP contribution in [0.1, 0.15) is 51.4 Å². The highest BCUT2D eigenvalue weighted by Gasteiger charge is 2.32. The maximum absolute atomic E-state index is 13.2. The number of benzene rings is 2. The van der Waals surface area contributed by atoms with E-state index in [-0.39, 0.29) is 6.04 Å². The molecule has 2 aliphatic rings. The van der Waals surface area contributed by atoms with Gasteiger partial charge in [0, 0.05) is 44.7 Å². The van der Waals surface area contributed by atoms with E-state index >= 15 is 0 Å². The Labute approximate surface area is 226 Å². The Morgan fingerprint density at radius 1 is 0.947 bits per heavy atom. The number of ether oxygens (including phenoxy) is 1. The Kier molecular flexibility index (Phi) is 8.16. The van der Waals surface area contributed by atoms with Gasteiger partial charge in [0.25, 0.3) is 0 Å². The number of para-hydroxylation sites is 1. The normalized spacial score (nSPS) is 19.1. The van der Waals surface area contributed by atoms with Crippen LogP contribution in [-0.4, -0.2) is 74.0 Å². The van der Waals surface area contributed by atoms with Gasteiger partial charge in [0.05, 0.1) is 23.6 Å². The highest BCUT2D eigenvalue weighted by molar-refractivity contribution is 7.89. The van der Waals surface area contributed by atoms with Crippen LogP contribution in [0, 0.1) is 5.92 Å². The monoisotopic (exact) mass is 537 g/mol. The molecule has 8 nitrogen and oxygen atoms in total. The van der Waals surface area contributed by atoms with E-state index in [4.69, 9.17) is 14.7 Å². The quantitative estimate of drug-likeness (QED) is 0.411. The van der Waals surface area contributed by atoms with Crippen molar-refractivity contribution in [2.75, 3.05) is 51.3 Å². The first-order valence-corrected chi connectivity index (χ1v) is 15.2. The molecule has 2 fully saturated rings. The molecule has 0 bridgehead atoms. The number of methoxy groups -OCH3 is 1. The van der Waals surface area contributed by atoms with E-state index in [1.54, 1.807) is 35.7 Å². The molecular weight excluding hydrogens is 498 g/mol. The van der Waals surface area contributed by atoms with Crippen LogP contribution in [-0.2, 0) is 10.0 Å². The van der Waals surface area contributed by atoms with Crippen LogP contribution in [0.5, 0.6) is 5.75 Å². The third-order valence-corrected chi connectivity index (χ3v) is 10.0. The second-order valence-corrected chi connectivity index (χ2v) is 12.4. The summed E-state index contributed by atoms with van der Waals surface area (Å²) in [6, 6.07) is 14.9. The van der Waals surface area contributed by atoms with Crippen molar-refractivity contribution < 1.29 is 13.2 Å². The van der Waals surface area contributed by atoms with Gasteiger partial charge in [-0.25, -0.2) is 18.4 Å². The van der Waals surface area contributed by atoms with Crippen LogP contribution in [0.3, 0.4) is 0 Å².